The Bertz CT molecular complexity index is 335. The van der Waals surface area contributed by atoms with Crippen LogP contribution in [0, 0.1) is 0 Å². The second-order valence-corrected chi connectivity index (χ2v) is 4.27. The van der Waals surface area contributed by atoms with E-state index in [9.17, 15) is 0 Å². The predicted molar refractivity (Wildman–Crippen MR) is 57.9 cm³/mol. The SMILES string of the molecule is C=CCOc1nsc2c1CNCC2C. The summed E-state index contributed by atoms with van der Waals surface area (Å²) in [7, 11) is 0. The molecule has 1 aromatic rings. The summed E-state index contributed by atoms with van der Waals surface area (Å²) in [5, 5.41) is 3.35. The molecule has 0 saturated carbocycles. The van der Waals surface area contributed by atoms with E-state index in [1.165, 1.54) is 10.4 Å². The Labute approximate surface area is 88.0 Å². The maximum absolute atomic E-state index is 5.48. The number of rotatable bonds is 3. The first kappa shape index (κ1) is 9.68. The zero-order valence-electron chi connectivity index (χ0n) is 8.25. The lowest BCUT2D eigenvalue weighted by atomic mass is 10.0. The fourth-order valence-corrected chi connectivity index (χ4v) is 2.49. The smallest absolute Gasteiger partial charge is 0.230 e. The van der Waals surface area contributed by atoms with Crippen LogP contribution in [0.2, 0.25) is 0 Å². The van der Waals surface area contributed by atoms with Crippen molar-refractivity contribution in [2.24, 2.45) is 0 Å². The molecule has 2 heterocycles. The third kappa shape index (κ3) is 1.67. The van der Waals surface area contributed by atoms with E-state index in [0.29, 0.717) is 12.5 Å². The Hall–Kier alpha value is -0.870. The first-order chi connectivity index (χ1) is 6.83. The minimum atomic E-state index is 0.532. The van der Waals surface area contributed by atoms with Crippen LogP contribution in [-0.4, -0.2) is 17.5 Å². The van der Waals surface area contributed by atoms with Crippen molar-refractivity contribution >= 4 is 11.5 Å². The van der Waals surface area contributed by atoms with E-state index < -0.39 is 0 Å². The molecule has 2 rings (SSSR count). The third-order valence-corrected chi connectivity index (χ3v) is 3.42. The van der Waals surface area contributed by atoms with E-state index in [2.05, 4.69) is 23.2 Å². The minimum Gasteiger partial charge on any atom is -0.473 e. The summed E-state index contributed by atoms with van der Waals surface area (Å²) >= 11 is 1.56. The van der Waals surface area contributed by atoms with Crippen LogP contribution in [0.5, 0.6) is 5.88 Å². The van der Waals surface area contributed by atoms with Crippen molar-refractivity contribution < 1.29 is 4.74 Å². The number of hydrogen-bond acceptors (Lipinski definition) is 4. The van der Waals surface area contributed by atoms with Crippen molar-refractivity contribution in [2.45, 2.75) is 19.4 Å². The van der Waals surface area contributed by atoms with Gasteiger partial charge in [-0.1, -0.05) is 19.6 Å². The summed E-state index contributed by atoms with van der Waals surface area (Å²) in [4.78, 5) is 1.36. The van der Waals surface area contributed by atoms with Crippen LogP contribution in [0.3, 0.4) is 0 Å². The van der Waals surface area contributed by atoms with Crippen molar-refractivity contribution in [3.05, 3.63) is 23.1 Å². The summed E-state index contributed by atoms with van der Waals surface area (Å²) < 4.78 is 9.80. The Morgan fingerprint density at radius 2 is 2.64 bits per heavy atom. The molecule has 4 heteroatoms. The normalized spacial score (nSPS) is 20.2. The number of aromatic nitrogens is 1. The summed E-state index contributed by atoms with van der Waals surface area (Å²) in [5.74, 6) is 1.33. The van der Waals surface area contributed by atoms with Gasteiger partial charge in [-0.2, -0.15) is 4.37 Å². The molecule has 14 heavy (non-hydrogen) atoms. The monoisotopic (exact) mass is 210 g/mol. The molecule has 1 atom stereocenters. The first-order valence-electron chi connectivity index (χ1n) is 4.75. The molecule has 1 aromatic heterocycles. The second-order valence-electron chi connectivity index (χ2n) is 3.46. The second kappa shape index (κ2) is 4.11. The highest BCUT2D eigenvalue weighted by Crippen LogP contribution is 2.33. The average Bonchev–Trinajstić information content (AvgIpc) is 2.60. The van der Waals surface area contributed by atoms with Crippen molar-refractivity contribution in [1.29, 1.82) is 0 Å². The molecule has 1 unspecified atom stereocenters. The minimum absolute atomic E-state index is 0.532. The van der Waals surface area contributed by atoms with Crippen LogP contribution in [0.15, 0.2) is 12.7 Å². The van der Waals surface area contributed by atoms with Crippen LogP contribution in [0.4, 0.5) is 0 Å². The Kier molecular flexibility index (Phi) is 2.84. The molecule has 0 aliphatic carbocycles. The van der Waals surface area contributed by atoms with Gasteiger partial charge in [0.2, 0.25) is 5.88 Å². The molecule has 0 spiro atoms. The molecule has 0 bridgehead atoms. The Morgan fingerprint density at radius 3 is 3.43 bits per heavy atom. The first-order valence-corrected chi connectivity index (χ1v) is 5.53. The molecule has 76 valence electrons. The van der Waals surface area contributed by atoms with Gasteiger partial charge in [0.1, 0.15) is 6.61 Å². The number of fused-ring (bicyclic) bond motifs is 1. The molecular formula is C10H14N2OS. The van der Waals surface area contributed by atoms with E-state index in [0.717, 1.165) is 19.0 Å². The van der Waals surface area contributed by atoms with Crippen LogP contribution in [0.25, 0.3) is 0 Å². The molecule has 1 aliphatic rings. The van der Waals surface area contributed by atoms with Gasteiger partial charge in [0.25, 0.3) is 0 Å². The van der Waals surface area contributed by atoms with Gasteiger partial charge < -0.3 is 10.1 Å². The lowest BCUT2D eigenvalue weighted by Crippen LogP contribution is -2.25. The maximum atomic E-state index is 5.48. The van der Waals surface area contributed by atoms with E-state index in [1.807, 2.05) is 0 Å². The van der Waals surface area contributed by atoms with E-state index in [4.69, 9.17) is 4.74 Å². The number of nitrogens with one attached hydrogen (secondary N) is 1. The van der Waals surface area contributed by atoms with Gasteiger partial charge in [-0.25, -0.2) is 0 Å². The van der Waals surface area contributed by atoms with Crippen LogP contribution in [0.1, 0.15) is 23.3 Å². The molecule has 0 amide bonds. The Morgan fingerprint density at radius 1 is 1.79 bits per heavy atom. The number of ether oxygens (including phenoxy) is 1. The molecule has 1 N–H and O–H groups in total. The van der Waals surface area contributed by atoms with E-state index in [-0.39, 0.29) is 0 Å². The molecule has 0 aromatic carbocycles. The standard InChI is InChI=1S/C10H14N2OS/c1-3-4-13-10-8-6-11-5-7(2)9(8)14-12-10/h3,7,11H,1,4-6H2,2H3. The molecule has 0 radical (unpaired) electrons. The highest BCUT2D eigenvalue weighted by Gasteiger charge is 2.22. The Balaban J connectivity index is 2.22. The van der Waals surface area contributed by atoms with Gasteiger partial charge in [0.05, 0.1) is 0 Å². The van der Waals surface area contributed by atoms with Crippen molar-refractivity contribution in [1.82, 2.24) is 9.69 Å². The van der Waals surface area contributed by atoms with Gasteiger partial charge in [0.15, 0.2) is 0 Å². The average molecular weight is 210 g/mol. The van der Waals surface area contributed by atoms with Gasteiger partial charge >= 0.3 is 0 Å². The van der Waals surface area contributed by atoms with Gasteiger partial charge in [-0.05, 0) is 11.5 Å². The molecule has 3 nitrogen and oxygen atoms in total. The molecule has 0 fully saturated rings. The van der Waals surface area contributed by atoms with Gasteiger partial charge in [-0.15, -0.1) is 0 Å². The van der Waals surface area contributed by atoms with Crippen LogP contribution < -0.4 is 10.1 Å². The highest BCUT2D eigenvalue weighted by molar-refractivity contribution is 7.06. The maximum Gasteiger partial charge on any atom is 0.230 e. The molecular weight excluding hydrogens is 196 g/mol. The lowest BCUT2D eigenvalue weighted by molar-refractivity contribution is 0.345. The fraction of sp³-hybridized carbons (Fsp3) is 0.500. The highest BCUT2D eigenvalue weighted by atomic mass is 32.1. The number of hydrogen-bond donors (Lipinski definition) is 1. The van der Waals surface area contributed by atoms with Crippen molar-refractivity contribution in [3.8, 4) is 5.88 Å². The topological polar surface area (TPSA) is 34.1 Å². The predicted octanol–water partition coefficient (Wildman–Crippen LogP) is 1.91. The van der Waals surface area contributed by atoms with Crippen molar-refractivity contribution in [2.75, 3.05) is 13.2 Å². The number of nitrogens with zero attached hydrogens (tertiary/aromatic N) is 1. The van der Waals surface area contributed by atoms with E-state index in [1.54, 1.807) is 17.6 Å². The van der Waals surface area contributed by atoms with Crippen LogP contribution >= 0.6 is 11.5 Å². The zero-order chi connectivity index (χ0) is 9.97. The fourth-order valence-electron chi connectivity index (χ4n) is 1.61. The van der Waals surface area contributed by atoms with E-state index >= 15 is 0 Å². The molecule has 1 aliphatic heterocycles. The van der Waals surface area contributed by atoms with Gasteiger partial charge in [0, 0.05) is 29.4 Å². The summed E-state index contributed by atoms with van der Waals surface area (Å²) in [6.07, 6.45) is 1.74. The summed E-state index contributed by atoms with van der Waals surface area (Å²) in [6.45, 7) is 8.28. The quantitative estimate of drug-likeness (QED) is 0.774. The molecule has 0 saturated heterocycles. The lowest BCUT2D eigenvalue weighted by Gasteiger charge is -2.19. The summed E-state index contributed by atoms with van der Waals surface area (Å²) in [6, 6.07) is 0. The van der Waals surface area contributed by atoms with Crippen LogP contribution in [-0.2, 0) is 6.54 Å². The van der Waals surface area contributed by atoms with Crippen molar-refractivity contribution in [3.63, 3.8) is 0 Å². The summed E-state index contributed by atoms with van der Waals surface area (Å²) in [5.41, 5.74) is 1.23. The third-order valence-electron chi connectivity index (χ3n) is 2.32. The zero-order valence-corrected chi connectivity index (χ0v) is 9.06. The largest absolute Gasteiger partial charge is 0.473 e. The van der Waals surface area contributed by atoms with Gasteiger partial charge in [-0.3, -0.25) is 0 Å².